The number of rotatable bonds is 6. The van der Waals surface area contributed by atoms with Gasteiger partial charge in [0.1, 0.15) is 5.54 Å². The fourth-order valence-corrected chi connectivity index (χ4v) is 1.80. The molecule has 0 spiro atoms. The minimum absolute atomic E-state index is 0.0149. The molecule has 0 aliphatic rings. The zero-order valence-corrected chi connectivity index (χ0v) is 14.0. The third-order valence-corrected chi connectivity index (χ3v) is 3.60. The summed E-state index contributed by atoms with van der Waals surface area (Å²) < 4.78 is 26.7. The summed E-state index contributed by atoms with van der Waals surface area (Å²) in [5.74, 6) is -3.32. The van der Waals surface area contributed by atoms with Gasteiger partial charge in [-0.05, 0) is 12.8 Å². The highest BCUT2D eigenvalue weighted by molar-refractivity contribution is 5.93. The molecule has 3 N–H and O–H groups in total. The number of benzene rings is 1. The van der Waals surface area contributed by atoms with Gasteiger partial charge in [0.15, 0.2) is 11.6 Å². The Balaban J connectivity index is 2.87. The molecule has 0 aliphatic carbocycles. The molecular formula is C16H20F2N4O2. The van der Waals surface area contributed by atoms with E-state index in [2.05, 4.69) is 16.0 Å². The van der Waals surface area contributed by atoms with Gasteiger partial charge in [-0.15, -0.1) is 0 Å². The first-order valence-corrected chi connectivity index (χ1v) is 7.32. The predicted molar refractivity (Wildman–Crippen MR) is 86.2 cm³/mol. The second-order valence-electron chi connectivity index (χ2n) is 5.86. The number of hydrogen-bond donors (Lipinski definition) is 3. The van der Waals surface area contributed by atoms with Gasteiger partial charge in [0.2, 0.25) is 11.8 Å². The predicted octanol–water partition coefficient (Wildman–Crippen LogP) is 2.39. The molecule has 2 amide bonds. The Morgan fingerprint density at radius 1 is 1.25 bits per heavy atom. The summed E-state index contributed by atoms with van der Waals surface area (Å²) in [6.45, 7) is 6.12. The zero-order valence-electron chi connectivity index (χ0n) is 14.0. The van der Waals surface area contributed by atoms with E-state index in [1.807, 2.05) is 6.07 Å². The summed E-state index contributed by atoms with van der Waals surface area (Å²) in [6.07, 6.45) is 0. The van der Waals surface area contributed by atoms with E-state index in [1.54, 1.807) is 20.8 Å². The molecule has 1 unspecified atom stereocenters. The third kappa shape index (κ3) is 4.91. The van der Waals surface area contributed by atoms with Crippen molar-refractivity contribution in [3.63, 3.8) is 0 Å². The molecule has 0 saturated carbocycles. The van der Waals surface area contributed by atoms with E-state index in [-0.39, 0.29) is 23.8 Å². The van der Waals surface area contributed by atoms with Crippen LogP contribution >= 0.6 is 0 Å². The molecule has 130 valence electrons. The largest absolute Gasteiger partial charge is 0.374 e. The van der Waals surface area contributed by atoms with E-state index in [0.717, 1.165) is 12.1 Å². The molecule has 24 heavy (non-hydrogen) atoms. The monoisotopic (exact) mass is 338 g/mol. The first-order valence-electron chi connectivity index (χ1n) is 7.32. The van der Waals surface area contributed by atoms with Gasteiger partial charge in [-0.3, -0.25) is 9.59 Å². The van der Waals surface area contributed by atoms with Crippen molar-refractivity contribution in [2.75, 3.05) is 17.2 Å². The molecule has 0 fully saturated rings. The molecule has 0 aliphatic heterocycles. The topological polar surface area (TPSA) is 94.0 Å². The molecule has 1 aromatic carbocycles. The van der Waals surface area contributed by atoms with Gasteiger partial charge in [0.05, 0.1) is 24.0 Å². The Kier molecular flexibility index (Phi) is 6.23. The molecule has 0 heterocycles. The van der Waals surface area contributed by atoms with Crippen LogP contribution in [0.4, 0.5) is 20.2 Å². The molecule has 0 radical (unpaired) electrons. The molecule has 0 saturated heterocycles. The Hall–Kier alpha value is -2.69. The third-order valence-electron chi connectivity index (χ3n) is 3.60. The van der Waals surface area contributed by atoms with Crippen molar-refractivity contribution in [1.29, 1.82) is 5.26 Å². The van der Waals surface area contributed by atoms with Gasteiger partial charge in [0, 0.05) is 19.1 Å². The summed E-state index contributed by atoms with van der Waals surface area (Å²) in [7, 11) is 0. The summed E-state index contributed by atoms with van der Waals surface area (Å²) >= 11 is 0. The maximum Gasteiger partial charge on any atom is 0.240 e. The van der Waals surface area contributed by atoms with Gasteiger partial charge < -0.3 is 16.0 Å². The first kappa shape index (κ1) is 19.4. The van der Waals surface area contributed by atoms with Crippen molar-refractivity contribution in [1.82, 2.24) is 5.32 Å². The van der Waals surface area contributed by atoms with Gasteiger partial charge in [-0.25, -0.2) is 8.78 Å². The molecule has 1 aromatic rings. The average molecular weight is 338 g/mol. The standard InChI is InChI=1S/C16H20F2N4O2/c1-9(2)16(4,8-19)22-15(24)7-20-13-5-11(17)12(18)6-14(13)21-10(3)23/h5-6,9,20H,7H2,1-4H3,(H,21,23)(H,22,24). The van der Waals surface area contributed by atoms with E-state index < -0.39 is 29.0 Å². The number of nitriles is 1. The maximum atomic E-state index is 13.4. The number of halogens is 2. The SMILES string of the molecule is CC(=O)Nc1cc(F)c(F)cc1NCC(=O)NC(C)(C#N)C(C)C. The molecule has 6 nitrogen and oxygen atoms in total. The summed E-state index contributed by atoms with van der Waals surface area (Å²) in [5.41, 5.74) is -0.976. The Labute approximate surface area is 139 Å². The number of nitrogens with zero attached hydrogens (tertiary/aromatic N) is 1. The van der Waals surface area contributed by atoms with Crippen LogP contribution in [0, 0.1) is 28.9 Å². The van der Waals surface area contributed by atoms with E-state index >= 15 is 0 Å². The van der Waals surface area contributed by atoms with Crippen LogP contribution in [0.5, 0.6) is 0 Å². The molecule has 1 rings (SSSR count). The minimum atomic E-state index is -1.12. The van der Waals surface area contributed by atoms with Crippen LogP contribution in [-0.4, -0.2) is 23.9 Å². The lowest BCUT2D eigenvalue weighted by molar-refractivity contribution is -0.121. The highest BCUT2D eigenvalue weighted by Gasteiger charge is 2.29. The molecule has 8 heteroatoms. The fourth-order valence-electron chi connectivity index (χ4n) is 1.80. The van der Waals surface area contributed by atoms with Crippen molar-refractivity contribution >= 4 is 23.2 Å². The van der Waals surface area contributed by atoms with E-state index in [1.165, 1.54) is 6.92 Å². The molecule has 0 bridgehead atoms. The molecular weight excluding hydrogens is 318 g/mol. The van der Waals surface area contributed by atoms with Gasteiger partial charge in [-0.2, -0.15) is 5.26 Å². The summed E-state index contributed by atoms with van der Waals surface area (Å²) in [5, 5.41) is 16.7. The number of nitrogens with one attached hydrogen (secondary N) is 3. The first-order chi connectivity index (χ1) is 11.1. The number of carbonyl (C=O) groups is 2. The van der Waals surface area contributed by atoms with Crippen LogP contribution in [0.3, 0.4) is 0 Å². The Morgan fingerprint density at radius 2 is 1.79 bits per heavy atom. The lowest BCUT2D eigenvalue weighted by Crippen LogP contribution is -2.50. The van der Waals surface area contributed by atoms with Crippen LogP contribution in [0.25, 0.3) is 0 Å². The van der Waals surface area contributed by atoms with Crippen molar-refractivity contribution in [2.24, 2.45) is 5.92 Å². The van der Waals surface area contributed by atoms with Crippen LogP contribution in [-0.2, 0) is 9.59 Å². The normalized spacial score (nSPS) is 12.9. The van der Waals surface area contributed by atoms with E-state index in [9.17, 15) is 23.6 Å². The van der Waals surface area contributed by atoms with E-state index in [4.69, 9.17) is 0 Å². The van der Waals surface area contributed by atoms with Crippen molar-refractivity contribution < 1.29 is 18.4 Å². The van der Waals surface area contributed by atoms with Crippen LogP contribution in [0.15, 0.2) is 12.1 Å². The van der Waals surface area contributed by atoms with Gasteiger partial charge in [-0.1, -0.05) is 13.8 Å². The summed E-state index contributed by atoms with van der Waals surface area (Å²) in [6, 6.07) is 3.71. The Bertz CT molecular complexity index is 685. The smallest absolute Gasteiger partial charge is 0.240 e. The molecule has 1 atom stereocenters. The lowest BCUT2D eigenvalue weighted by atomic mass is 9.90. The fraction of sp³-hybridized carbons (Fsp3) is 0.438. The van der Waals surface area contributed by atoms with Gasteiger partial charge in [0.25, 0.3) is 0 Å². The Morgan fingerprint density at radius 3 is 2.25 bits per heavy atom. The number of anilines is 2. The quantitative estimate of drug-likeness (QED) is 0.742. The molecule has 0 aromatic heterocycles. The van der Waals surface area contributed by atoms with Crippen molar-refractivity contribution in [3.05, 3.63) is 23.8 Å². The minimum Gasteiger partial charge on any atom is -0.374 e. The number of hydrogen-bond acceptors (Lipinski definition) is 4. The van der Waals surface area contributed by atoms with Crippen molar-refractivity contribution in [3.8, 4) is 6.07 Å². The number of amides is 2. The van der Waals surface area contributed by atoms with Crippen molar-refractivity contribution in [2.45, 2.75) is 33.2 Å². The van der Waals surface area contributed by atoms with Crippen LogP contribution in [0.2, 0.25) is 0 Å². The highest BCUT2D eigenvalue weighted by atomic mass is 19.2. The second kappa shape index (κ2) is 7.73. The van der Waals surface area contributed by atoms with Crippen LogP contribution < -0.4 is 16.0 Å². The second-order valence-corrected chi connectivity index (χ2v) is 5.86. The summed E-state index contributed by atoms with van der Waals surface area (Å²) in [4.78, 5) is 23.1. The lowest BCUT2D eigenvalue weighted by Gasteiger charge is -2.27. The van der Waals surface area contributed by atoms with E-state index in [0.29, 0.717) is 0 Å². The number of carbonyl (C=O) groups excluding carboxylic acids is 2. The maximum absolute atomic E-state index is 13.4. The van der Waals surface area contributed by atoms with Gasteiger partial charge >= 0.3 is 0 Å². The van der Waals surface area contributed by atoms with Crippen LogP contribution in [0.1, 0.15) is 27.7 Å². The highest BCUT2D eigenvalue weighted by Crippen LogP contribution is 2.25. The average Bonchev–Trinajstić information content (AvgIpc) is 2.48. The zero-order chi connectivity index (χ0) is 18.5.